The fraction of sp³-hybridized carbons (Fsp3) is 0.154. The molecule has 0 aliphatic heterocycles. The lowest BCUT2D eigenvalue weighted by molar-refractivity contribution is -0.141. The molecule has 0 amide bonds. The molecule has 0 heterocycles. The zero-order valence-corrected chi connectivity index (χ0v) is 8.63. The summed E-state index contributed by atoms with van der Waals surface area (Å²) in [6.45, 7) is 0. The van der Waals surface area contributed by atoms with Crippen LogP contribution in [0.3, 0.4) is 0 Å². The molecule has 3 heteroatoms. The zero-order valence-electron chi connectivity index (χ0n) is 8.63. The summed E-state index contributed by atoms with van der Waals surface area (Å²) in [7, 11) is 0. The Morgan fingerprint density at radius 2 is 1.88 bits per heavy atom. The number of carboxylic acid groups (broad SMARTS) is 1. The highest BCUT2D eigenvalue weighted by molar-refractivity contribution is 5.85. The van der Waals surface area contributed by atoms with E-state index in [0.717, 1.165) is 0 Å². The molecule has 1 aliphatic carbocycles. The lowest BCUT2D eigenvalue weighted by atomic mass is 9.75. The van der Waals surface area contributed by atoms with Gasteiger partial charge in [0.05, 0.1) is 0 Å². The van der Waals surface area contributed by atoms with Crippen LogP contribution in [0, 0.1) is 0 Å². The molecule has 1 aliphatic rings. The molecule has 1 unspecified atom stereocenters. The van der Waals surface area contributed by atoms with Crippen LogP contribution in [0.1, 0.15) is 12.0 Å². The Hall–Kier alpha value is -2.03. The number of carboxylic acids is 1. The highest BCUT2D eigenvalue weighted by atomic mass is 16.4. The smallest absolute Gasteiger partial charge is 0.318 e. The van der Waals surface area contributed by atoms with Crippen LogP contribution in [0.5, 0.6) is 5.75 Å². The second kappa shape index (κ2) is 3.85. The van der Waals surface area contributed by atoms with Crippen molar-refractivity contribution in [3.63, 3.8) is 0 Å². The van der Waals surface area contributed by atoms with Crippen LogP contribution in [0.15, 0.2) is 48.6 Å². The Kier molecular flexibility index (Phi) is 2.52. The van der Waals surface area contributed by atoms with E-state index in [-0.39, 0.29) is 5.75 Å². The minimum absolute atomic E-state index is 0.139. The standard InChI is InChI=1S/C13H12O3/c14-11-6-4-10(5-7-11)13(12(15)16)8-2-1-3-9-13/h1-8,14H,9H2,(H,15,16). The number of carbonyl (C=O) groups is 1. The normalized spacial score (nSPS) is 23.2. The van der Waals surface area contributed by atoms with Gasteiger partial charge in [0.25, 0.3) is 0 Å². The first kappa shape index (κ1) is 10.5. The number of rotatable bonds is 2. The molecular weight excluding hydrogens is 204 g/mol. The average Bonchev–Trinajstić information content (AvgIpc) is 2.30. The Morgan fingerprint density at radius 3 is 2.38 bits per heavy atom. The fourth-order valence-electron chi connectivity index (χ4n) is 1.88. The molecule has 3 nitrogen and oxygen atoms in total. The van der Waals surface area contributed by atoms with E-state index in [1.807, 2.05) is 12.2 Å². The van der Waals surface area contributed by atoms with Gasteiger partial charge in [-0.1, -0.05) is 36.4 Å². The minimum Gasteiger partial charge on any atom is -0.508 e. The molecule has 82 valence electrons. The minimum atomic E-state index is -0.998. The Morgan fingerprint density at radius 1 is 1.19 bits per heavy atom. The van der Waals surface area contributed by atoms with Gasteiger partial charge in [0, 0.05) is 0 Å². The Bertz CT molecular complexity index is 457. The molecule has 2 N–H and O–H groups in total. The molecule has 16 heavy (non-hydrogen) atoms. The van der Waals surface area contributed by atoms with Crippen molar-refractivity contribution in [2.75, 3.05) is 0 Å². The first-order chi connectivity index (χ1) is 7.65. The van der Waals surface area contributed by atoms with E-state index < -0.39 is 11.4 Å². The fourth-order valence-corrected chi connectivity index (χ4v) is 1.88. The predicted octanol–water partition coefficient (Wildman–Crippen LogP) is 2.23. The molecular formula is C13H12O3. The molecule has 0 bridgehead atoms. The molecule has 0 aromatic heterocycles. The van der Waals surface area contributed by atoms with E-state index >= 15 is 0 Å². The summed E-state index contributed by atoms with van der Waals surface area (Å²) < 4.78 is 0. The number of allylic oxidation sites excluding steroid dienone is 3. The number of benzene rings is 1. The molecule has 0 spiro atoms. The molecule has 1 atom stereocenters. The van der Waals surface area contributed by atoms with Crippen molar-refractivity contribution < 1.29 is 15.0 Å². The van der Waals surface area contributed by atoms with Crippen LogP contribution in [0.2, 0.25) is 0 Å². The van der Waals surface area contributed by atoms with Crippen molar-refractivity contribution in [2.24, 2.45) is 0 Å². The highest BCUT2D eigenvalue weighted by Crippen LogP contribution is 2.33. The summed E-state index contributed by atoms with van der Waals surface area (Å²) in [5, 5.41) is 18.6. The topological polar surface area (TPSA) is 57.5 Å². The van der Waals surface area contributed by atoms with Gasteiger partial charge in [0.15, 0.2) is 0 Å². The maximum Gasteiger partial charge on any atom is 0.318 e. The van der Waals surface area contributed by atoms with Gasteiger partial charge in [-0.05, 0) is 24.1 Å². The number of phenolic OH excluding ortho intramolecular Hbond substituents is 1. The number of phenols is 1. The molecule has 0 saturated heterocycles. The summed E-state index contributed by atoms with van der Waals surface area (Å²) in [4.78, 5) is 11.4. The summed E-state index contributed by atoms with van der Waals surface area (Å²) in [5.74, 6) is -0.738. The summed E-state index contributed by atoms with van der Waals surface area (Å²) in [6, 6.07) is 6.30. The monoisotopic (exact) mass is 216 g/mol. The summed E-state index contributed by atoms with van der Waals surface area (Å²) >= 11 is 0. The van der Waals surface area contributed by atoms with Gasteiger partial charge in [-0.15, -0.1) is 0 Å². The first-order valence-corrected chi connectivity index (χ1v) is 5.02. The molecule has 0 radical (unpaired) electrons. The van der Waals surface area contributed by atoms with Crippen LogP contribution < -0.4 is 0 Å². The lowest BCUT2D eigenvalue weighted by Crippen LogP contribution is -2.34. The quantitative estimate of drug-likeness (QED) is 0.797. The Labute approximate surface area is 93.4 Å². The van der Waals surface area contributed by atoms with Gasteiger partial charge in [-0.3, -0.25) is 4.79 Å². The highest BCUT2D eigenvalue weighted by Gasteiger charge is 2.37. The van der Waals surface area contributed by atoms with Gasteiger partial charge < -0.3 is 10.2 Å². The van der Waals surface area contributed by atoms with Gasteiger partial charge >= 0.3 is 5.97 Å². The van der Waals surface area contributed by atoms with E-state index in [2.05, 4.69) is 0 Å². The van der Waals surface area contributed by atoms with Crippen molar-refractivity contribution in [3.8, 4) is 5.75 Å². The predicted molar refractivity (Wildman–Crippen MR) is 60.3 cm³/mol. The third kappa shape index (κ3) is 1.60. The van der Waals surface area contributed by atoms with Gasteiger partial charge in [0.1, 0.15) is 11.2 Å². The summed E-state index contributed by atoms with van der Waals surface area (Å²) in [5.41, 5.74) is -0.318. The number of hydrogen-bond acceptors (Lipinski definition) is 2. The molecule has 0 saturated carbocycles. The third-order valence-corrected chi connectivity index (χ3v) is 2.83. The van der Waals surface area contributed by atoms with Crippen molar-refractivity contribution in [2.45, 2.75) is 11.8 Å². The number of aromatic hydroxyl groups is 1. The van der Waals surface area contributed by atoms with E-state index in [9.17, 15) is 15.0 Å². The van der Waals surface area contributed by atoms with Gasteiger partial charge in [-0.2, -0.15) is 0 Å². The number of aliphatic carboxylic acids is 1. The van der Waals surface area contributed by atoms with E-state index in [0.29, 0.717) is 12.0 Å². The second-order valence-electron chi connectivity index (χ2n) is 3.81. The molecule has 1 aromatic rings. The van der Waals surface area contributed by atoms with Gasteiger partial charge in [0.2, 0.25) is 0 Å². The maximum absolute atomic E-state index is 11.4. The van der Waals surface area contributed by atoms with E-state index in [1.165, 1.54) is 12.1 Å². The largest absolute Gasteiger partial charge is 0.508 e. The lowest BCUT2D eigenvalue weighted by Gasteiger charge is -2.27. The molecule has 2 rings (SSSR count). The summed E-state index contributed by atoms with van der Waals surface area (Å²) in [6.07, 6.45) is 7.53. The second-order valence-corrected chi connectivity index (χ2v) is 3.81. The van der Waals surface area contributed by atoms with Crippen LogP contribution >= 0.6 is 0 Å². The van der Waals surface area contributed by atoms with Crippen LogP contribution in [0.4, 0.5) is 0 Å². The zero-order chi connectivity index (χ0) is 11.6. The van der Waals surface area contributed by atoms with Crippen LogP contribution in [-0.4, -0.2) is 16.2 Å². The van der Waals surface area contributed by atoms with Crippen molar-refractivity contribution in [1.29, 1.82) is 0 Å². The molecule has 1 aromatic carbocycles. The van der Waals surface area contributed by atoms with Crippen LogP contribution in [-0.2, 0) is 10.2 Å². The van der Waals surface area contributed by atoms with E-state index in [1.54, 1.807) is 24.3 Å². The van der Waals surface area contributed by atoms with Crippen molar-refractivity contribution >= 4 is 5.97 Å². The maximum atomic E-state index is 11.4. The van der Waals surface area contributed by atoms with Crippen LogP contribution in [0.25, 0.3) is 0 Å². The van der Waals surface area contributed by atoms with Crippen molar-refractivity contribution in [1.82, 2.24) is 0 Å². The Balaban J connectivity index is 2.48. The first-order valence-electron chi connectivity index (χ1n) is 5.02. The average molecular weight is 216 g/mol. The van der Waals surface area contributed by atoms with Crippen molar-refractivity contribution in [3.05, 3.63) is 54.1 Å². The SMILES string of the molecule is O=C(O)C1(c2ccc(O)cc2)C=CC=CC1. The third-order valence-electron chi connectivity index (χ3n) is 2.83. The van der Waals surface area contributed by atoms with E-state index in [4.69, 9.17) is 0 Å². The molecule has 0 fully saturated rings. The van der Waals surface area contributed by atoms with Gasteiger partial charge in [-0.25, -0.2) is 0 Å². The number of hydrogen-bond donors (Lipinski definition) is 2.